The molecule has 1 N–H and O–H groups in total. The fraction of sp³-hybridized carbons (Fsp3) is 0.562. The number of aliphatic hydroxyl groups is 1. The van der Waals surface area contributed by atoms with E-state index in [-0.39, 0.29) is 23.8 Å². The number of amides is 2. The van der Waals surface area contributed by atoms with Crippen molar-refractivity contribution in [2.75, 3.05) is 19.6 Å². The van der Waals surface area contributed by atoms with Crippen molar-refractivity contribution in [3.63, 3.8) is 0 Å². The topological polar surface area (TPSA) is 73.7 Å². The SMILES string of the molecule is O=C1CC(C(=O)N2CCC(O)CC2)CN1Cc1ccncc1. The van der Waals surface area contributed by atoms with E-state index >= 15 is 0 Å². The molecule has 3 rings (SSSR count). The van der Waals surface area contributed by atoms with Gasteiger partial charge in [0.25, 0.3) is 0 Å². The molecule has 0 aromatic carbocycles. The van der Waals surface area contributed by atoms with E-state index in [4.69, 9.17) is 0 Å². The first kappa shape index (κ1) is 15.0. The number of carbonyl (C=O) groups is 2. The number of likely N-dealkylation sites (tertiary alicyclic amines) is 2. The highest BCUT2D eigenvalue weighted by molar-refractivity contribution is 5.89. The minimum absolute atomic E-state index is 0.0345. The summed E-state index contributed by atoms with van der Waals surface area (Å²) in [7, 11) is 0. The Labute approximate surface area is 129 Å². The fourth-order valence-electron chi connectivity index (χ4n) is 3.14. The molecule has 0 spiro atoms. The summed E-state index contributed by atoms with van der Waals surface area (Å²) in [6.45, 7) is 2.20. The second-order valence-electron chi connectivity index (χ2n) is 6.09. The molecule has 2 aliphatic heterocycles. The third-order valence-corrected chi connectivity index (χ3v) is 4.46. The molecule has 0 bridgehead atoms. The van der Waals surface area contributed by atoms with Gasteiger partial charge in [0.2, 0.25) is 11.8 Å². The van der Waals surface area contributed by atoms with Gasteiger partial charge in [0.05, 0.1) is 12.0 Å². The molecule has 2 aliphatic rings. The molecule has 6 heteroatoms. The van der Waals surface area contributed by atoms with Crippen molar-refractivity contribution in [1.82, 2.24) is 14.8 Å². The van der Waals surface area contributed by atoms with Crippen LogP contribution in [0.2, 0.25) is 0 Å². The van der Waals surface area contributed by atoms with E-state index in [1.54, 1.807) is 22.2 Å². The lowest BCUT2D eigenvalue weighted by molar-refractivity contribution is -0.137. The van der Waals surface area contributed by atoms with Gasteiger partial charge in [0.1, 0.15) is 0 Å². The second-order valence-corrected chi connectivity index (χ2v) is 6.09. The summed E-state index contributed by atoms with van der Waals surface area (Å²) in [5.41, 5.74) is 1.03. The number of rotatable bonds is 3. The number of hydrogen-bond donors (Lipinski definition) is 1. The Morgan fingerprint density at radius 2 is 1.95 bits per heavy atom. The molecule has 6 nitrogen and oxygen atoms in total. The first-order chi connectivity index (χ1) is 10.6. The zero-order valence-corrected chi connectivity index (χ0v) is 12.5. The zero-order chi connectivity index (χ0) is 15.5. The summed E-state index contributed by atoms with van der Waals surface area (Å²) < 4.78 is 0. The number of carbonyl (C=O) groups excluding carboxylic acids is 2. The molecule has 0 radical (unpaired) electrons. The lowest BCUT2D eigenvalue weighted by Crippen LogP contribution is -2.43. The van der Waals surface area contributed by atoms with Crippen molar-refractivity contribution >= 4 is 11.8 Å². The maximum absolute atomic E-state index is 12.5. The largest absolute Gasteiger partial charge is 0.393 e. The van der Waals surface area contributed by atoms with E-state index in [1.807, 2.05) is 12.1 Å². The van der Waals surface area contributed by atoms with Crippen LogP contribution in [0.4, 0.5) is 0 Å². The van der Waals surface area contributed by atoms with Gasteiger partial charge < -0.3 is 14.9 Å². The highest BCUT2D eigenvalue weighted by Crippen LogP contribution is 2.23. The molecule has 1 unspecified atom stereocenters. The normalized spacial score (nSPS) is 23.1. The Hall–Kier alpha value is -1.95. The number of pyridine rings is 1. The second kappa shape index (κ2) is 6.44. The van der Waals surface area contributed by atoms with Gasteiger partial charge >= 0.3 is 0 Å². The number of aliphatic hydroxyl groups excluding tert-OH is 1. The summed E-state index contributed by atoms with van der Waals surface area (Å²) in [5, 5.41) is 9.52. The standard InChI is InChI=1S/C16H21N3O3/c20-14-3-7-18(8-4-14)16(22)13-9-15(21)19(11-13)10-12-1-5-17-6-2-12/h1-2,5-6,13-14,20H,3-4,7-11H2. The predicted molar refractivity (Wildman–Crippen MR) is 79.6 cm³/mol. The van der Waals surface area contributed by atoms with Crippen molar-refractivity contribution in [2.45, 2.75) is 31.9 Å². The van der Waals surface area contributed by atoms with Crippen LogP contribution < -0.4 is 0 Å². The van der Waals surface area contributed by atoms with Crippen molar-refractivity contribution < 1.29 is 14.7 Å². The minimum Gasteiger partial charge on any atom is -0.393 e. The van der Waals surface area contributed by atoms with E-state index in [0.29, 0.717) is 45.4 Å². The Balaban J connectivity index is 1.58. The van der Waals surface area contributed by atoms with Gasteiger partial charge in [0, 0.05) is 45.0 Å². The molecular formula is C16H21N3O3. The first-order valence-electron chi connectivity index (χ1n) is 7.77. The number of piperidine rings is 1. The van der Waals surface area contributed by atoms with Crippen LogP contribution in [0, 0.1) is 5.92 Å². The summed E-state index contributed by atoms with van der Waals surface area (Å²) in [6, 6.07) is 3.77. The maximum Gasteiger partial charge on any atom is 0.227 e. The third-order valence-electron chi connectivity index (χ3n) is 4.46. The van der Waals surface area contributed by atoms with Crippen LogP contribution in [0.25, 0.3) is 0 Å². The van der Waals surface area contributed by atoms with Crippen LogP contribution in [0.1, 0.15) is 24.8 Å². The Morgan fingerprint density at radius 1 is 1.27 bits per heavy atom. The first-order valence-corrected chi connectivity index (χ1v) is 7.77. The molecule has 0 aliphatic carbocycles. The molecule has 22 heavy (non-hydrogen) atoms. The zero-order valence-electron chi connectivity index (χ0n) is 12.5. The molecule has 2 saturated heterocycles. The minimum atomic E-state index is -0.294. The summed E-state index contributed by atoms with van der Waals surface area (Å²) in [4.78, 5) is 32.1. The summed E-state index contributed by atoms with van der Waals surface area (Å²) in [6.07, 6.45) is 4.68. The van der Waals surface area contributed by atoms with Gasteiger partial charge in [-0.1, -0.05) is 0 Å². The van der Waals surface area contributed by atoms with Gasteiger partial charge in [0.15, 0.2) is 0 Å². The van der Waals surface area contributed by atoms with Gasteiger partial charge in [-0.2, -0.15) is 0 Å². The molecule has 3 heterocycles. The number of nitrogens with zero attached hydrogens (tertiary/aromatic N) is 3. The highest BCUT2D eigenvalue weighted by atomic mass is 16.3. The molecule has 118 valence electrons. The van der Waals surface area contributed by atoms with Crippen molar-refractivity contribution in [3.8, 4) is 0 Å². The van der Waals surface area contributed by atoms with E-state index in [9.17, 15) is 14.7 Å². The molecule has 0 saturated carbocycles. The van der Waals surface area contributed by atoms with Gasteiger partial charge in [-0.3, -0.25) is 14.6 Å². The number of aromatic nitrogens is 1. The van der Waals surface area contributed by atoms with Gasteiger partial charge in [-0.15, -0.1) is 0 Å². The average molecular weight is 303 g/mol. The Kier molecular flexibility index (Phi) is 4.38. The lowest BCUT2D eigenvalue weighted by Gasteiger charge is -2.31. The summed E-state index contributed by atoms with van der Waals surface area (Å²) in [5.74, 6) is -0.158. The molecular weight excluding hydrogens is 282 g/mol. The molecule has 1 aromatic rings. The molecule has 2 amide bonds. The molecule has 2 fully saturated rings. The fourth-order valence-corrected chi connectivity index (χ4v) is 3.14. The highest BCUT2D eigenvalue weighted by Gasteiger charge is 2.37. The molecule has 1 atom stereocenters. The third kappa shape index (κ3) is 3.27. The van der Waals surface area contributed by atoms with Gasteiger partial charge in [-0.05, 0) is 30.5 Å². The quantitative estimate of drug-likeness (QED) is 0.878. The van der Waals surface area contributed by atoms with Crippen molar-refractivity contribution in [1.29, 1.82) is 0 Å². The molecule has 1 aromatic heterocycles. The van der Waals surface area contributed by atoms with E-state index in [0.717, 1.165) is 5.56 Å². The van der Waals surface area contributed by atoms with Crippen molar-refractivity contribution in [3.05, 3.63) is 30.1 Å². The van der Waals surface area contributed by atoms with Crippen LogP contribution >= 0.6 is 0 Å². The maximum atomic E-state index is 12.5. The van der Waals surface area contributed by atoms with Crippen LogP contribution in [0.3, 0.4) is 0 Å². The smallest absolute Gasteiger partial charge is 0.227 e. The lowest BCUT2D eigenvalue weighted by atomic mass is 10.0. The van der Waals surface area contributed by atoms with Gasteiger partial charge in [-0.25, -0.2) is 0 Å². The van der Waals surface area contributed by atoms with Crippen LogP contribution in [0.15, 0.2) is 24.5 Å². The van der Waals surface area contributed by atoms with Crippen LogP contribution in [0.5, 0.6) is 0 Å². The monoisotopic (exact) mass is 303 g/mol. The Morgan fingerprint density at radius 3 is 2.64 bits per heavy atom. The summed E-state index contributed by atoms with van der Waals surface area (Å²) >= 11 is 0. The predicted octanol–water partition coefficient (Wildman–Crippen LogP) is 0.413. The van der Waals surface area contributed by atoms with Crippen molar-refractivity contribution in [2.24, 2.45) is 5.92 Å². The van der Waals surface area contributed by atoms with Crippen LogP contribution in [-0.2, 0) is 16.1 Å². The van der Waals surface area contributed by atoms with Crippen LogP contribution in [-0.4, -0.2) is 57.4 Å². The average Bonchev–Trinajstić information content (AvgIpc) is 2.89. The van der Waals surface area contributed by atoms with E-state index < -0.39 is 0 Å². The van der Waals surface area contributed by atoms with E-state index in [2.05, 4.69) is 4.98 Å². The van der Waals surface area contributed by atoms with E-state index in [1.165, 1.54) is 0 Å². The number of hydrogen-bond acceptors (Lipinski definition) is 4. The Bertz CT molecular complexity index is 541.